The van der Waals surface area contributed by atoms with Gasteiger partial charge in [0, 0.05) is 37.0 Å². The van der Waals surface area contributed by atoms with Crippen molar-refractivity contribution >= 4 is 27.7 Å². The van der Waals surface area contributed by atoms with Crippen LogP contribution in [-0.4, -0.2) is 33.7 Å². The van der Waals surface area contributed by atoms with Crippen molar-refractivity contribution in [3.05, 3.63) is 94.3 Å². The molecule has 0 saturated carbocycles. The highest BCUT2D eigenvalue weighted by Gasteiger charge is 2.27. The molecule has 0 saturated heterocycles. The molecule has 0 atom stereocenters. The van der Waals surface area contributed by atoms with Gasteiger partial charge in [-0.2, -0.15) is 0 Å². The van der Waals surface area contributed by atoms with Crippen molar-refractivity contribution in [3.8, 4) is 17.3 Å². The molecular formula is C30H28N4O3. The number of nitrogens with zero attached hydrogens (tertiary/aromatic N) is 3. The zero-order chi connectivity index (χ0) is 25.4. The highest BCUT2D eigenvalue weighted by molar-refractivity contribution is 5.92. The van der Waals surface area contributed by atoms with Crippen molar-refractivity contribution < 1.29 is 9.53 Å². The lowest BCUT2D eigenvalue weighted by Crippen LogP contribution is -2.29. The number of benzene rings is 3. The second-order valence-corrected chi connectivity index (χ2v) is 9.35. The third-order valence-corrected chi connectivity index (χ3v) is 7.19. The maximum atomic E-state index is 13.3. The number of nitrogens with one attached hydrogen (secondary N) is 1. The number of para-hydroxylation sites is 2. The van der Waals surface area contributed by atoms with Gasteiger partial charge < -0.3 is 14.6 Å². The summed E-state index contributed by atoms with van der Waals surface area (Å²) < 4.78 is 9.16. The monoisotopic (exact) mass is 492 g/mol. The van der Waals surface area contributed by atoms with Gasteiger partial charge in [0.25, 0.3) is 5.56 Å². The van der Waals surface area contributed by atoms with E-state index in [-0.39, 0.29) is 11.5 Å². The van der Waals surface area contributed by atoms with Crippen molar-refractivity contribution in [2.75, 3.05) is 13.7 Å². The number of ether oxygens (including phenoxy) is 1. The SMILES string of the molecule is COc1ccc(CCNC(=O)CCn2c3c(c4ccccc42)CCn2c-3nc3ccccc3c2=O)cc1. The summed E-state index contributed by atoms with van der Waals surface area (Å²) in [6.07, 6.45) is 1.85. The van der Waals surface area contributed by atoms with Gasteiger partial charge in [0.15, 0.2) is 5.82 Å². The third-order valence-electron chi connectivity index (χ3n) is 7.19. The first-order valence-electron chi connectivity index (χ1n) is 12.6. The molecule has 0 fully saturated rings. The Morgan fingerprint density at radius 3 is 2.57 bits per heavy atom. The van der Waals surface area contributed by atoms with Crippen molar-refractivity contribution in [2.45, 2.75) is 32.4 Å². The van der Waals surface area contributed by atoms with Gasteiger partial charge >= 0.3 is 0 Å². The van der Waals surface area contributed by atoms with E-state index in [2.05, 4.69) is 22.0 Å². The van der Waals surface area contributed by atoms with Gasteiger partial charge in [-0.25, -0.2) is 4.98 Å². The van der Waals surface area contributed by atoms with Crippen LogP contribution in [0.15, 0.2) is 77.6 Å². The Hall–Kier alpha value is -4.39. The van der Waals surface area contributed by atoms with Gasteiger partial charge in [0.05, 0.1) is 23.7 Å². The van der Waals surface area contributed by atoms with Gasteiger partial charge in [-0.1, -0.05) is 42.5 Å². The summed E-state index contributed by atoms with van der Waals surface area (Å²) >= 11 is 0. The minimum atomic E-state index is -0.0145. The summed E-state index contributed by atoms with van der Waals surface area (Å²) in [5.41, 5.74) is 5.03. The van der Waals surface area contributed by atoms with E-state index in [1.165, 1.54) is 5.56 Å². The lowest BCUT2D eigenvalue weighted by molar-refractivity contribution is -0.121. The fourth-order valence-electron chi connectivity index (χ4n) is 5.34. The number of hydrogen-bond acceptors (Lipinski definition) is 4. The molecule has 37 heavy (non-hydrogen) atoms. The fourth-order valence-corrected chi connectivity index (χ4v) is 5.34. The van der Waals surface area contributed by atoms with Gasteiger partial charge in [-0.05, 0) is 54.3 Å². The molecule has 0 spiro atoms. The van der Waals surface area contributed by atoms with Crippen LogP contribution in [0, 0.1) is 0 Å². The van der Waals surface area contributed by atoms with E-state index >= 15 is 0 Å². The van der Waals surface area contributed by atoms with E-state index in [4.69, 9.17) is 9.72 Å². The first kappa shape index (κ1) is 23.0. The lowest BCUT2D eigenvalue weighted by atomic mass is 10.0. The van der Waals surface area contributed by atoms with E-state index in [1.807, 2.05) is 60.7 Å². The van der Waals surface area contributed by atoms with Crippen LogP contribution in [0.1, 0.15) is 17.5 Å². The minimum absolute atomic E-state index is 0.000265. The maximum Gasteiger partial charge on any atom is 0.261 e. The van der Waals surface area contributed by atoms with Crippen molar-refractivity contribution in [1.29, 1.82) is 0 Å². The molecule has 1 N–H and O–H groups in total. The second kappa shape index (κ2) is 9.58. The number of carbonyl (C=O) groups is 1. The number of fused-ring (bicyclic) bond motifs is 6. The number of aryl methyl sites for hydroxylation is 2. The second-order valence-electron chi connectivity index (χ2n) is 9.35. The molecule has 3 aromatic carbocycles. The Balaban J connectivity index is 1.27. The predicted molar refractivity (Wildman–Crippen MR) is 145 cm³/mol. The Bertz CT molecular complexity index is 1680. The fraction of sp³-hybridized carbons (Fsp3) is 0.233. The number of aromatic nitrogens is 3. The summed E-state index contributed by atoms with van der Waals surface area (Å²) in [5.74, 6) is 1.50. The summed E-state index contributed by atoms with van der Waals surface area (Å²) in [4.78, 5) is 31.0. The Morgan fingerprint density at radius 2 is 1.76 bits per heavy atom. The van der Waals surface area contributed by atoms with Crippen LogP contribution in [0.5, 0.6) is 5.75 Å². The normalized spacial score (nSPS) is 12.4. The molecule has 7 heteroatoms. The van der Waals surface area contributed by atoms with Crippen LogP contribution >= 0.6 is 0 Å². The number of carbonyl (C=O) groups excluding carboxylic acids is 1. The molecule has 7 nitrogen and oxygen atoms in total. The summed E-state index contributed by atoms with van der Waals surface area (Å²) in [5, 5.41) is 4.84. The largest absolute Gasteiger partial charge is 0.497 e. The molecule has 1 amide bonds. The Kier molecular flexibility index (Phi) is 5.96. The zero-order valence-electron chi connectivity index (χ0n) is 20.7. The van der Waals surface area contributed by atoms with Crippen LogP contribution in [0.2, 0.25) is 0 Å². The summed E-state index contributed by atoms with van der Waals surface area (Å²) in [6, 6.07) is 23.6. The zero-order valence-corrected chi connectivity index (χ0v) is 20.7. The van der Waals surface area contributed by atoms with E-state index < -0.39 is 0 Å². The number of rotatable bonds is 7. The minimum Gasteiger partial charge on any atom is -0.497 e. The molecule has 0 unspecified atom stereocenters. The van der Waals surface area contributed by atoms with Gasteiger partial charge in [0.1, 0.15) is 5.75 Å². The topological polar surface area (TPSA) is 78.2 Å². The molecule has 2 aromatic heterocycles. The number of methoxy groups -OCH3 is 1. The van der Waals surface area contributed by atoms with Crippen LogP contribution < -0.4 is 15.6 Å². The van der Waals surface area contributed by atoms with Crippen LogP contribution in [-0.2, 0) is 30.7 Å². The quantitative estimate of drug-likeness (QED) is 0.367. The van der Waals surface area contributed by atoms with Crippen molar-refractivity contribution in [1.82, 2.24) is 19.4 Å². The molecular weight excluding hydrogens is 464 g/mol. The summed E-state index contributed by atoms with van der Waals surface area (Å²) in [6.45, 7) is 1.67. The Morgan fingerprint density at radius 1 is 1.00 bits per heavy atom. The molecule has 0 aliphatic carbocycles. The molecule has 6 rings (SSSR count). The van der Waals surface area contributed by atoms with Gasteiger partial charge in [0.2, 0.25) is 5.91 Å². The van der Waals surface area contributed by atoms with E-state index in [0.29, 0.717) is 42.8 Å². The molecule has 0 bridgehead atoms. The molecule has 1 aliphatic rings. The molecule has 1 aliphatic heterocycles. The molecule has 186 valence electrons. The predicted octanol–water partition coefficient (Wildman–Crippen LogP) is 4.33. The molecule has 3 heterocycles. The summed E-state index contributed by atoms with van der Waals surface area (Å²) in [7, 11) is 1.65. The van der Waals surface area contributed by atoms with Crippen molar-refractivity contribution in [2.24, 2.45) is 0 Å². The lowest BCUT2D eigenvalue weighted by Gasteiger charge is -2.21. The van der Waals surface area contributed by atoms with E-state index in [9.17, 15) is 9.59 Å². The average Bonchev–Trinajstić information content (AvgIpc) is 3.26. The number of amides is 1. The van der Waals surface area contributed by atoms with Gasteiger partial charge in [-0.3, -0.25) is 14.2 Å². The maximum absolute atomic E-state index is 13.3. The first-order chi connectivity index (χ1) is 18.1. The van der Waals surface area contributed by atoms with Gasteiger partial charge in [-0.15, -0.1) is 0 Å². The highest BCUT2D eigenvalue weighted by atomic mass is 16.5. The standard InChI is InChI=1S/C30H28N4O3/c1-37-21-12-10-20(11-13-21)14-17-31-27(35)16-19-33-26-9-5-3-6-22(26)23-15-18-34-29(28(23)33)32-25-8-4-2-7-24(25)30(34)36/h2-13H,14-19H2,1H3,(H,31,35). The third kappa shape index (κ3) is 4.16. The van der Waals surface area contributed by atoms with Crippen LogP contribution in [0.3, 0.4) is 0 Å². The average molecular weight is 493 g/mol. The molecule has 5 aromatic rings. The highest BCUT2D eigenvalue weighted by Crippen LogP contribution is 2.36. The van der Waals surface area contributed by atoms with Crippen LogP contribution in [0.4, 0.5) is 0 Å². The smallest absolute Gasteiger partial charge is 0.261 e. The Labute approximate surface area is 214 Å². The van der Waals surface area contributed by atoms with Crippen molar-refractivity contribution in [3.63, 3.8) is 0 Å². The number of hydrogen-bond donors (Lipinski definition) is 1. The molecule has 0 radical (unpaired) electrons. The van der Waals surface area contributed by atoms with E-state index in [1.54, 1.807) is 11.7 Å². The van der Waals surface area contributed by atoms with E-state index in [0.717, 1.165) is 40.8 Å². The first-order valence-corrected chi connectivity index (χ1v) is 12.6. The van der Waals surface area contributed by atoms with Crippen LogP contribution in [0.25, 0.3) is 33.3 Å².